The Balaban J connectivity index is 1.47. The number of anilines is 2. The zero-order chi connectivity index (χ0) is 23.1. The maximum atomic E-state index is 12.8. The minimum atomic E-state index is -0.296. The van der Waals surface area contributed by atoms with Crippen LogP contribution in [-0.2, 0) is 9.59 Å². The summed E-state index contributed by atoms with van der Waals surface area (Å²) in [6.45, 7) is 7.14. The van der Waals surface area contributed by atoms with Crippen molar-refractivity contribution in [3.8, 4) is 11.5 Å². The van der Waals surface area contributed by atoms with E-state index in [4.69, 9.17) is 9.47 Å². The number of nitrogens with zero attached hydrogens (tertiary/aromatic N) is 2. The minimum absolute atomic E-state index is 0.0277. The van der Waals surface area contributed by atoms with E-state index in [-0.39, 0.29) is 17.9 Å². The molecule has 2 N–H and O–H groups in total. The fraction of sp³-hybridized carbons (Fsp3) is 0.417. The van der Waals surface area contributed by atoms with Gasteiger partial charge in [-0.15, -0.1) is 0 Å². The van der Waals surface area contributed by atoms with E-state index in [1.807, 2.05) is 38.1 Å². The van der Waals surface area contributed by atoms with Gasteiger partial charge in [-0.05, 0) is 26.0 Å². The molecule has 2 aromatic carbocycles. The molecule has 1 aliphatic rings. The lowest BCUT2D eigenvalue weighted by molar-refractivity contribution is -0.122. The fourth-order valence-corrected chi connectivity index (χ4v) is 3.64. The monoisotopic (exact) mass is 440 g/mol. The first-order chi connectivity index (χ1) is 15.4. The van der Waals surface area contributed by atoms with Crippen LogP contribution < -0.4 is 20.1 Å². The molecule has 1 heterocycles. The molecule has 0 spiro atoms. The molecule has 1 atom stereocenters. The Morgan fingerprint density at radius 3 is 2.06 bits per heavy atom. The molecule has 0 radical (unpaired) electrons. The summed E-state index contributed by atoms with van der Waals surface area (Å²) < 4.78 is 10.5. The highest BCUT2D eigenvalue weighted by Crippen LogP contribution is 2.26. The van der Waals surface area contributed by atoms with Crippen LogP contribution in [0.15, 0.2) is 42.5 Å². The smallest absolute Gasteiger partial charge is 0.241 e. The average molecular weight is 441 g/mol. The van der Waals surface area contributed by atoms with Gasteiger partial charge < -0.3 is 20.1 Å². The maximum absolute atomic E-state index is 12.8. The number of carbonyl (C=O) groups is 2. The first kappa shape index (κ1) is 23.6. The number of ether oxygens (including phenoxy) is 2. The van der Waals surface area contributed by atoms with Gasteiger partial charge in [-0.1, -0.05) is 17.7 Å². The largest absolute Gasteiger partial charge is 0.497 e. The Morgan fingerprint density at radius 2 is 1.50 bits per heavy atom. The number of hydrogen-bond acceptors (Lipinski definition) is 6. The molecular weight excluding hydrogens is 408 g/mol. The number of hydrogen-bond donors (Lipinski definition) is 2. The first-order valence-electron chi connectivity index (χ1n) is 10.7. The number of aryl methyl sites for hydroxylation is 1. The molecule has 32 heavy (non-hydrogen) atoms. The highest BCUT2D eigenvalue weighted by Gasteiger charge is 2.26. The number of benzene rings is 2. The quantitative estimate of drug-likeness (QED) is 0.657. The van der Waals surface area contributed by atoms with Crippen LogP contribution in [-0.4, -0.2) is 74.6 Å². The molecular formula is C24H32N4O4. The molecule has 0 bridgehead atoms. The van der Waals surface area contributed by atoms with Crippen LogP contribution in [0.2, 0.25) is 0 Å². The Labute approximate surface area is 189 Å². The summed E-state index contributed by atoms with van der Waals surface area (Å²) in [7, 11) is 3.15. The second-order valence-electron chi connectivity index (χ2n) is 7.99. The number of piperazine rings is 1. The molecule has 1 aliphatic heterocycles. The SMILES string of the molecule is COc1cc(NC(=O)C(C)N2CCN(CC(=O)Nc3ccc(C)cc3)CC2)cc(OC)c1. The Kier molecular flexibility index (Phi) is 8.08. The first-order valence-corrected chi connectivity index (χ1v) is 10.7. The topological polar surface area (TPSA) is 83.1 Å². The highest BCUT2D eigenvalue weighted by molar-refractivity contribution is 5.95. The molecule has 1 fully saturated rings. The Bertz CT molecular complexity index is 902. The van der Waals surface area contributed by atoms with E-state index in [1.165, 1.54) is 0 Å². The molecule has 2 amide bonds. The molecule has 1 saturated heterocycles. The van der Waals surface area contributed by atoms with Crippen molar-refractivity contribution in [2.75, 3.05) is 57.6 Å². The van der Waals surface area contributed by atoms with E-state index in [9.17, 15) is 9.59 Å². The lowest BCUT2D eigenvalue weighted by atomic mass is 10.2. The lowest BCUT2D eigenvalue weighted by Gasteiger charge is -2.37. The van der Waals surface area contributed by atoms with Crippen LogP contribution in [0.3, 0.4) is 0 Å². The molecule has 0 aromatic heterocycles. The van der Waals surface area contributed by atoms with Crippen molar-refractivity contribution in [2.45, 2.75) is 19.9 Å². The summed E-state index contributed by atoms with van der Waals surface area (Å²) in [5, 5.41) is 5.88. The molecule has 172 valence electrons. The predicted octanol–water partition coefficient (Wildman–Crippen LogP) is 2.60. The van der Waals surface area contributed by atoms with Crippen LogP contribution >= 0.6 is 0 Å². The molecule has 0 aliphatic carbocycles. The van der Waals surface area contributed by atoms with Crippen LogP contribution in [0.4, 0.5) is 11.4 Å². The third-order valence-electron chi connectivity index (χ3n) is 5.66. The summed E-state index contributed by atoms with van der Waals surface area (Å²) in [6.07, 6.45) is 0. The number of nitrogens with one attached hydrogen (secondary N) is 2. The molecule has 2 aromatic rings. The van der Waals surface area contributed by atoms with Gasteiger partial charge in [0.25, 0.3) is 0 Å². The van der Waals surface area contributed by atoms with Gasteiger partial charge in [0.2, 0.25) is 11.8 Å². The number of amides is 2. The maximum Gasteiger partial charge on any atom is 0.241 e. The summed E-state index contributed by atoms with van der Waals surface area (Å²) in [6, 6.07) is 12.7. The van der Waals surface area contributed by atoms with Crippen molar-refractivity contribution in [1.82, 2.24) is 9.80 Å². The third kappa shape index (κ3) is 6.45. The van der Waals surface area contributed by atoms with E-state index in [2.05, 4.69) is 20.4 Å². The van der Waals surface area contributed by atoms with Crippen LogP contribution in [0, 0.1) is 6.92 Å². The standard InChI is InChI=1S/C24H32N4O4/c1-17-5-7-19(8-6-17)25-23(29)16-27-9-11-28(12-10-27)18(2)24(30)26-20-13-21(31-3)15-22(14-20)32-4/h5-8,13-15,18H,9-12,16H2,1-4H3,(H,25,29)(H,26,30). The van der Waals surface area contributed by atoms with Crippen molar-refractivity contribution in [2.24, 2.45) is 0 Å². The van der Waals surface area contributed by atoms with Crippen molar-refractivity contribution in [3.05, 3.63) is 48.0 Å². The number of rotatable bonds is 8. The molecule has 0 saturated carbocycles. The van der Waals surface area contributed by atoms with E-state index >= 15 is 0 Å². The average Bonchev–Trinajstić information content (AvgIpc) is 2.80. The number of carbonyl (C=O) groups excluding carboxylic acids is 2. The van der Waals surface area contributed by atoms with Gasteiger partial charge in [0.15, 0.2) is 0 Å². The Hall–Kier alpha value is -3.10. The summed E-state index contributed by atoms with van der Waals surface area (Å²) >= 11 is 0. The normalized spacial score (nSPS) is 15.6. The van der Waals surface area contributed by atoms with Crippen molar-refractivity contribution in [3.63, 3.8) is 0 Å². The summed E-state index contributed by atoms with van der Waals surface area (Å²) in [4.78, 5) is 29.4. The number of methoxy groups -OCH3 is 2. The van der Waals surface area contributed by atoms with Crippen LogP contribution in [0.25, 0.3) is 0 Å². The fourth-order valence-electron chi connectivity index (χ4n) is 3.64. The van der Waals surface area contributed by atoms with Gasteiger partial charge in [0, 0.05) is 55.8 Å². The van der Waals surface area contributed by atoms with Crippen molar-refractivity contribution in [1.29, 1.82) is 0 Å². The van der Waals surface area contributed by atoms with E-state index in [0.717, 1.165) is 24.3 Å². The van der Waals surface area contributed by atoms with Gasteiger partial charge >= 0.3 is 0 Å². The highest BCUT2D eigenvalue weighted by atomic mass is 16.5. The van der Waals surface area contributed by atoms with Crippen molar-refractivity contribution < 1.29 is 19.1 Å². The van der Waals surface area contributed by atoms with Gasteiger partial charge in [-0.25, -0.2) is 0 Å². The summed E-state index contributed by atoms with van der Waals surface area (Å²) in [5.41, 5.74) is 2.59. The second-order valence-corrected chi connectivity index (χ2v) is 7.99. The van der Waals surface area contributed by atoms with Gasteiger partial charge in [-0.2, -0.15) is 0 Å². The molecule has 3 rings (SSSR count). The van der Waals surface area contributed by atoms with E-state index in [0.29, 0.717) is 36.8 Å². The predicted molar refractivity (Wildman–Crippen MR) is 125 cm³/mol. The second kappa shape index (κ2) is 11.0. The van der Waals surface area contributed by atoms with E-state index in [1.54, 1.807) is 32.4 Å². The molecule has 1 unspecified atom stereocenters. The lowest BCUT2D eigenvalue weighted by Crippen LogP contribution is -2.53. The summed E-state index contributed by atoms with van der Waals surface area (Å²) in [5.74, 6) is 1.11. The zero-order valence-electron chi connectivity index (χ0n) is 19.2. The molecule has 8 nitrogen and oxygen atoms in total. The minimum Gasteiger partial charge on any atom is -0.497 e. The zero-order valence-corrected chi connectivity index (χ0v) is 19.2. The molecule has 8 heteroatoms. The van der Waals surface area contributed by atoms with Gasteiger partial charge in [0.05, 0.1) is 26.8 Å². The van der Waals surface area contributed by atoms with Gasteiger partial charge in [-0.3, -0.25) is 19.4 Å². The van der Waals surface area contributed by atoms with Crippen molar-refractivity contribution >= 4 is 23.2 Å². The van der Waals surface area contributed by atoms with Gasteiger partial charge in [0.1, 0.15) is 11.5 Å². The van der Waals surface area contributed by atoms with Crippen LogP contribution in [0.5, 0.6) is 11.5 Å². The van der Waals surface area contributed by atoms with Crippen LogP contribution in [0.1, 0.15) is 12.5 Å². The Morgan fingerprint density at radius 1 is 0.906 bits per heavy atom. The van der Waals surface area contributed by atoms with E-state index < -0.39 is 0 Å². The third-order valence-corrected chi connectivity index (χ3v) is 5.66.